The van der Waals surface area contributed by atoms with Gasteiger partial charge in [-0.25, -0.2) is 4.79 Å². The average molecular weight is 706 g/mol. The predicted molar refractivity (Wildman–Crippen MR) is 206 cm³/mol. The van der Waals surface area contributed by atoms with Gasteiger partial charge in [0, 0.05) is 55.1 Å². The molecule has 266 valence electrons. The van der Waals surface area contributed by atoms with E-state index >= 15 is 0 Å². The Morgan fingerprint density at radius 3 is 2.55 bits per heavy atom. The van der Waals surface area contributed by atoms with Crippen molar-refractivity contribution in [3.05, 3.63) is 112 Å². The highest BCUT2D eigenvalue weighted by atomic mass is 16.2. The number of imide groups is 1. The Morgan fingerprint density at radius 2 is 1.77 bits per heavy atom. The van der Waals surface area contributed by atoms with E-state index in [1.807, 2.05) is 69.7 Å². The SMILES string of the molecule is Cc1cc(-c2cc3cccc(-c4cc(C(C)C)c5c(c4)n(C)c(=O)n5C)c3cn2)cnc1C(=O)NCC#Cc1cccc(N[C@@H]2CCC(=O)NC2=O)c1. The van der Waals surface area contributed by atoms with Crippen molar-refractivity contribution in [2.45, 2.75) is 45.6 Å². The number of imidazole rings is 1. The van der Waals surface area contributed by atoms with Crippen LogP contribution in [0.15, 0.2) is 83.9 Å². The van der Waals surface area contributed by atoms with Crippen LogP contribution in [0.1, 0.15) is 59.8 Å². The maximum Gasteiger partial charge on any atom is 0.328 e. The van der Waals surface area contributed by atoms with Crippen molar-refractivity contribution in [3.63, 3.8) is 0 Å². The number of nitrogens with zero attached hydrogens (tertiary/aromatic N) is 4. The number of carbonyl (C=O) groups is 3. The van der Waals surface area contributed by atoms with Crippen molar-refractivity contribution in [1.82, 2.24) is 29.7 Å². The molecule has 53 heavy (non-hydrogen) atoms. The summed E-state index contributed by atoms with van der Waals surface area (Å²) in [6.45, 7) is 6.24. The van der Waals surface area contributed by atoms with E-state index in [0.29, 0.717) is 24.1 Å². The topological polar surface area (TPSA) is 140 Å². The van der Waals surface area contributed by atoms with Crippen LogP contribution in [0.5, 0.6) is 0 Å². The van der Waals surface area contributed by atoms with Crippen LogP contribution in [0.4, 0.5) is 5.69 Å². The molecular weight excluding hydrogens is 667 g/mol. The van der Waals surface area contributed by atoms with Crippen LogP contribution < -0.4 is 21.6 Å². The van der Waals surface area contributed by atoms with Gasteiger partial charge in [-0.2, -0.15) is 0 Å². The molecule has 1 saturated heterocycles. The second-order valence-corrected chi connectivity index (χ2v) is 13.7. The van der Waals surface area contributed by atoms with Gasteiger partial charge in [-0.3, -0.25) is 38.8 Å². The first-order chi connectivity index (χ1) is 25.5. The van der Waals surface area contributed by atoms with Crippen LogP contribution in [0, 0.1) is 18.8 Å². The van der Waals surface area contributed by atoms with Gasteiger partial charge in [0.25, 0.3) is 5.91 Å². The highest BCUT2D eigenvalue weighted by Crippen LogP contribution is 2.35. The third-order valence-corrected chi connectivity index (χ3v) is 9.69. The maximum absolute atomic E-state index is 13.0. The Hall–Kier alpha value is -6.54. The van der Waals surface area contributed by atoms with Crippen LogP contribution in [-0.4, -0.2) is 49.4 Å². The van der Waals surface area contributed by atoms with Gasteiger partial charge in [-0.1, -0.05) is 50.0 Å². The Bertz CT molecular complexity index is 2590. The molecule has 11 nitrogen and oxygen atoms in total. The third kappa shape index (κ3) is 6.91. The number of piperidine rings is 1. The normalized spacial score (nSPS) is 14.3. The van der Waals surface area contributed by atoms with Crippen molar-refractivity contribution >= 4 is 45.2 Å². The summed E-state index contributed by atoms with van der Waals surface area (Å²) in [6, 6.07) is 21.2. The van der Waals surface area contributed by atoms with E-state index < -0.39 is 6.04 Å². The number of hydrogen-bond acceptors (Lipinski definition) is 7. The number of carbonyl (C=O) groups excluding carboxylic acids is 3. The number of hydrogen-bond donors (Lipinski definition) is 3. The molecule has 0 saturated carbocycles. The predicted octanol–water partition coefficient (Wildman–Crippen LogP) is 5.58. The van der Waals surface area contributed by atoms with Gasteiger partial charge in [-0.15, -0.1) is 0 Å². The molecular formula is C42H39N7O4. The molecule has 0 aliphatic carbocycles. The van der Waals surface area contributed by atoms with E-state index in [4.69, 9.17) is 4.98 Å². The highest BCUT2D eigenvalue weighted by Gasteiger charge is 2.26. The minimum atomic E-state index is -0.485. The number of amides is 3. The number of pyridine rings is 2. The second kappa shape index (κ2) is 14.2. The van der Waals surface area contributed by atoms with Gasteiger partial charge in [-0.05, 0) is 89.4 Å². The van der Waals surface area contributed by atoms with Crippen LogP contribution in [-0.2, 0) is 23.7 Å². The van der Waals surface area contributed by atoms with Crippen LogP contribution in [0.3, 0.4) is 0 Å². The summed E-state index contributed by atoms with van der Waals surface area (Å²) < 4.78 is 3.42. The first-order valence-electron chi connectivity index (χ1n) is 17.5. The number of benzene rings is 3. The molecule has 11 heteroatoms. The first-order valence-corrected chi connectivity index (χ1v) is 17.5. The summed E-state index contributed by atoms with van der Waals surface area (Å²) in [6.07, 6.45) is 4.25. The van der Waals surface area contributed by atoms with Crippen LogP contribution >= 0.6 is 0 Å². The molecule has 6 aromatic rings. The third-order valence-electron chi connectivity index (χ3n) is 9.69. The van der Waals surface area contributed by atoms with Crippen molar-refractivity contribution < 1.29 is 14.4 Å². The zero-order valence-corrected chi connectivity index (χ0v) is 30.2. The van der Waals surface area contributed by atoms with Crippen LogP contribution in [0.25, 0.3) is 44.2 Å². The molecule has 3 aromatic carbocycles. The monoisotopic (exact) mass is 705 g/mol. The van der Waals surface area contributed by atoms with Gasteiger partial charge in [0.2, 0.25) is 11.8 Å². The van der Waals surface area contributed by atoms with E-state index in [9.17, 15) is 19.2 Å². The van der Waals surface area contributed by atoms with Crippen molar-refractivity contribution in [3.8, 4) is 34.2 Å². The molecule has 0 spiro atoms. The molecule has 0 bridgehead atoms. The number of aromatic nitrogens is 4. The Morgan fingerprint density at radius 1 is 0.962 bits per heavy atom. The van der Waals surface area contributed by atoms with Crippen molar-refractivity contribution in [1.29, 1.82) is 0 Å². The number of fused-ring (bicyclic) bond motifs is 2. The number of anilines is 1. The molecule has 1 aliphatic heterocycles. The fourth-order valence-corrected chi connectivity index (χ4v) is 6.89. The zero-order valence-electron chi connectivity index (χ0n) is 30.2. The van der Waals surface area contributed by atoms with Gasteiger partial charge in [0.05, 0.1) is 23.3 Å². The molecule has 1 fully saturated rings. The molecule has 1 atom stereocenters. The van der Waals surface area contributed by atoms with Gasteiger partial charge in [0.1, 0.15) is 11.7 Å². The summed E-state index contributed by atoms with van der Waals surface area (Å²) in [7, 11) is 3.63. The summed E-state index contributed by atoms with van der Waals surface area (Å²) in [5, 5.41) is 10.3. The van der Waals surface area contributed by atoms with Gasteiger partial charge >= 0.3 is 5.69 Å². The first kappa shape index (κ1) is 34.9. The summed E-state index contributed by atoms with van der Waals surface area (Å²) >= 11 is 0. The Balaban J connectivity index is 1.06. The minimum Gasteiger partial charge on any atom is -0.374 e. The molecule has 3 aromatic heterocycles. The molecule has 3 N–H and O–H groups in total. The van der Waals surface area contributed by atoms with E-state index in [2.05, 4.69) is 70.9 Å². The molecule has 7 rings (SSSR count). The number of rotatable bonds is 7. The lowest BCUT2D eigenvalue weighted by Crippen LogP contribution is -2.47. The molecule has 3 amide bonds. The average Bonchev–Trinajstić information content (AvgIpc) is 3.36. The second-order valence-electron chi connectivity index (χ2n) is 13.7. The van der Waals surface area contributed by atoms with Crippen LogP contribution in [0.2, 0.25) is 0 Å². The van der Waals surface area contributed by atoms with Gasteiger partial charge < -0.3 is 10.6 Å². The summed E-state index contributed by atoms with van der Waals surface area (Å²) in [5.74, 6) is 5.30. The lowest BCUT2D eigenvalue weighted by molar-refractivity contribution is -0.133. The standard InChI is InChI=1S/C42H39N7O4/c1-24(2)32-19-28(21-36-39(32)49(5)42(53)48(36)4)31-13-7-11-27-20-35(44-23-33(27)31)29-17-25(3)38(45-22-29)41(52)43-16-8-10-26-9-6-12-30(18-26)46-34-14-15-37(50)47-40(34)51/h6-7,9,11-13,17-24,34,46H,14-16H2,1-5H3,(H,43,52)(H,47,50,51)/t34-/m1/s1. The van der Waals surface area contributed by atoms with E-state index in [1.54, 1.807) is 15.3 Å². The zero-order chi connectivity index (χ0) is 37.4. The van der Waals surface area contributed by atoms with E-state index in [1.165, 1.54) is 0 Å². The molecule has 0 radical (unpaired) electrons. The quantitative estimate of drug-likeness (QED) is 0.146. The maximum atomic E-state index is 13.0. The smallest absolute Gasteiger partial charge is 0.328 e. The van der Waals surface area contributed by atoms with E-state index in [-0.39, 0.29) is 35.9 Å². The minimum absolute atomic E-state index is 0.0505. The van der Waals surface area contributed by atoms with E-state index in [0.717, 1.165) is 61.0 Å². The fourth-order valence-electron chi connectivity index (χ4n) is 6.89. The largest absolute Gasteiger partial charge is 0.374 e. The fraction of sp³-hybridized carbons (Fsp3) is 0.238. The van der Waals surface area contributed by atoms with Crippen molar-refractivity contribution in [2.75, 3.05) is 11.9 Å². The summed E-state index contributed by atoms with van der Waals surface area (Å²) in [4.78, 5) is 58.7. The van der Waals surface area contributed by atoms with Gasteiger partial charge in [0.15, 0.2) is 0 Å². The molecule has 1 aliphatic rings. The molecule has 0 unspecified atom stereocenters. The Kier molecular flexibility index (Phi) is 9.37. The van der Waals surface area contributed by atoms with Crippen molar-refractivity contribution in [2.24, 2.45) is 14.1 Å². The Labute approximate surface area is 306 Å². The number of nitrogens with one attached hydrogen (secondary N) is 3. The lowest BCUT2D eigenvalue weighted by atomic mass is 9.93. The lowest BCUT2D eigenvalue weighted by Gasteiger charge is -2.22. The highest BCUT2D eigenvalue weighted by molar-refractivity contribution is 6.02. The molecule has 4 heterocycles. The number of aryl methyl sites for hydroxylation is 3. The summed E-state index contributed by atoms with van der Waals surface area (Å²) in [5.41, 5.74) is 8.94.